The molecule has 0 spiro atoms. The van der Waals surface area contributed by atoms with E-state index in [4.69, 9.17) is 16.3 Å². The standard InChI is InChI=1S/C15H11ClFN3O4/c1-24-6-8-12(15(22)23)19-20-5-11(18-14(21)13(8)20)7-2-3-9(16)10(17)4-7/h2-5H,6H2,1H3,(H,18,21)(H,22,23). The number of carboxylic acids is 1. The van der Waals surface area contributed by atoms with Crippen LogP contribution in [0.2, 0.25) is 5.02 Å². The number of aromatic nitrogens is 3. The van der Waals surface area contributed by atoms with Gasteiger partial charge in [0, 0.05) is 18.2 Å². The van der Waals surface area contributed by atoms with Crippen LogP contribution in [0.4, 0.5) is 4.39 Å². The number of benzene rings is 1. The van der Waals surface area contributed by atoms with Crippen LogP contribution in [0.25, 0.3) is 16.8 Å². The lowest BCUT2D eigenvalue weighted by molar-refractivity contribution is 0.0685. The Labute approximate surface area is 139 Å². The highest BCUT2D eigenvalue weighted by atomic mass is 35.5. The summed E-state index contributed by atoms with van der Waals surface area (Å²) in [6.45, 7) is -0.0802. The van der Waals surface area contributed by atoms with E-state index in [0.29, 0.717) is 5.56 Å². The average molecular weight is 352 g/mol. The van der Waals surface area contributed by atoms with Crippen molar-refractivity contribution in [3.8, 4) is 11.3 Å². The molecule has 3 rings (SSSR count). The Hall–Kier alpha value is -2.71. The largest absolute Gasteiger partial charge is 0.476 e. The number of hydrogen-bond donors (Lipinski definition) is 2. The van der Waals surface area contributed by atoms with Gasteiger partial charge in [0.05, 0.1) is 23.5 Å². The van der Waals surface area contributed by atoms with Gasteiger partial charge in [0.2, 0.25) is 0 Å². The highest BCUT2D eigenvalue weighted by Gasteiger charge is 2.21. The molecule has 0 radical (unpaired) electrons. The molecule has 9 heteroatoms. The molecule has 0 saturated heterocycles. The topological polar surface area (TPSA) is 96.7 Å². The number of methoxy groups -OCH3 is 1. The Morgan fingerprint density at radius 1 is 1.50 bits per heavy atom. The number of H-pyrrole nitrogens is 1. The number of nitrogens with zero attached hydrogens (tertiary/aromatic N) is 2. The third kappa shape index (κ3) is 2.66. The second-order valence-corrected chi connectivity index (χ2v) is 5.39. The molecule has 1 aromatic carbocycles. The molecule has 2 N–H and O–H groups in total. The molecule has 0 bridgehead atoms. The fourth-order valence-electron chi connectivity index (χ4n) is 2.40. The summed E-state index contributed by atoms with van der Waals surface area (Å²) in [5.41, 5.74) is 0.0345. The number of fused-ring (bicyclic) bond motifs is 1. The summed E-state index contributed by atoms with van der Waals surface area (Å²) < 4.78 is 19.7. The van der Waals surface area contributed by atoms with Crippen LogP contribution in [0.5, 0.6) is 0 Å². The van der Waals surface area contributed by atoms with E-state index in [9.17, 15) is 19.1 Å². The molecule has 0 atom stereocenters. The van der Waals surface area contributed by atoms with Crippen molar-refractivity contribution < 1.29 is 19.0 Å². The van der Waals surface area contributed by atoms with Gasteiger partial charge in [-0.25, -0.2) is 13.7 Å². The van der Waals surface area contributed by atoms with E-state index in [1.807, 2.05) is 0 Å². The second-order valence-electron chi connectivity index (χ2n) is 4.98. The molecule has 0 amide bonds. The summed E-state index contributed by atoms with van der Waals surface area (Å²) >= 11 is 5.64. The van der Waals surface area contributed by atoms with Crippen molar-refractivity contribution in [2.75, 3.05) is 7.11 Å². The van der Waals surface area contributed by atoms with E-state index >= 15 is 0 Å². The van der Waals surface area contributed by atoms with E-state index < -0.39 is 17.3 Å². The van der Waals surface area contributed by atoms with Crippen molar-refractivity contribution in [2.45, 2.75) is 6.61 Å². The van der Waals surface area contributed by atoms with E-state index in [2.05, 4.69) is 10.1 Å². The molecule has 0 saturated carbocycles. The highest BCUT2D eigenvalue weighted by Crippen LogP contribution is 2.23. The van der Waals surface area contributed by atoms with E-state index in [0.717, 1.165) is 10.6 Å². The van der Waals surface area contributed by atoms with Crippen LogP contribution < -0.4 is 5.56 Å². The summed E-state index contributed by atoms with van der Waals surface area (Å²) in [4.78, 5) is 26.3. The number of rotatable bonds is 4. The van der Waals surface area contributed by atoms with Crippen LogP contribution in [0, 0.1) is 5.82 Å². The molecule has 7 nitrogen and oxygen atoms in total. The van der Waals surface area contributed by atoms with Gasteiger partial charge in [0.25, 0.3) is 5.56 Å². The molecule has 0 unspecified atom stereocenters. The molecule has 0 aliphatic rings. The van der Waals surface area contributed by atoms with Gasteiger partial charge in [-0.2, -0.15) is 5.10 Å². The SMILES string of the molecule is COCc1c(C(=O)O)nn2cc(-c3ccc(Cl)c(F)c3)[nH]c(=O)c12. The Kier molecular flexibility index (Phi) is 4.08. The minimum absolute atomic E-state index is 0.0446. The van der Waals surface area contributed by atoms with Crippen LogP contribution in [0.15, 0.2) is 29.2 Å². The molecule has 2 heterocycles. The molecule has 0 fully saturated rings. The Balaban J connectivity index is 2.25. The first-order chi connectivity index (χ1) is 11.4. The lowest BCUT2D eigenvalue weighted by Gasteiger charge is -2.04. The maximum Gasteiger partial charge on any atom is 0.356 e. The van der Waals surface area contributed by atoms with Gasteiger partial charge >= 0.3 is 5.97 Å². The minimum atomic E-state index is -1.27. The molecule has 0 aliphatic heterocycles. The summed E-state index contributed by atoms with van der Waals surface area (Å²) in [6.07, 6.45) is 1.41. The number of carboxylic acid groups (broad SMARTS) is 1. The fourth-order valence-corrected chi connectivity index (χ4v) is 2.52. The van der Waals surface area contributed by atoms with Gasteiger partial charge < -0.3 is 14.8 Å². The number of hydrogen-bond acceptors (Lipinski definition) is 4. The number of ether oxygens (including phenoxy) is 1. The van der Waals surface area contributed by atoms with Gasteiger partial charge in [-0.15, -0.1) is 0 Å². The Bertz CT molecular complexity index is 1010. The van der Waals surface area contributed by atoms with E-state index in [1.54, 1.807) is 0 Å². The maximum absolute atomic E-state index is 13.6. The predicted molar refractivity (Wildman–Crippen MR) is 83.9 cm³/mol. The predicted octanol–water partition coefficient (Wildman–Crippen LogP) is 2.33. The van der Waals surface area contributed by atoms with Gasteiger partial charge in [-0.05, 0) is 12.1 Å². The first kappa shape index (κ1) is 16.2. The number of aromatic carboxylic acids is 1. The zero-order valence-corrected chi connectivity index (χ0v) is 13.1. The quantitative estimate of drug-likeness (QED) is 0.752. The summed E-state index contributed by atoms with van der Waals surface area (Å²) in [6, 6.07) is 4.05. The summed E-state index contributed by atoms with van der Waals surface area (Å²) in [5, 5.41) is 13.1. The van der Waals surface area contributed by atoms with Crippen molar-refractivity contribution in [1.29, 1.82) is 0 Å². The van der Waals surface area contributed by atoms with Gasteiger partial charge in [0.1, 0.15) is 11.3 Å². The molecule has 24 heavy (non-hydrogen) atoms. The Morgan fingerprint density at radius 2 is 2.25 bits per heavy atom. The lowest BCUT2D eigenvalue weighted by Crippen LogP contribution is -2.12. The Morgan fingerprint density at radius 3 is 2.88 bits per heavy atom. The lowest BCUT2D eigenvalue weighted by atomic mass is 10.1. The zero-order valence-electron chi connectivity index (χ0n) is 12.3. The van der Waals surface area contributed by atoms with Crippen LogP contribution in [0.1, 0.15) is 16.1 Å². The van der Waals surface area contributed by atoms with Crippen molar-refractivity contribution >= 4 is 23.1 Å². The van der Waals surface area contributed by atoms with Gasteiger partial charge in [-0.1, -0.05) is 17.7 Å². The van der Waals surface area contributed by atoms with Crippen molar-refractivity contribution in [2.24, 2.45) is 0 Å². The van der Waals surface area contributed by atoms with Crippen LogP contribution in [-0.4, -0.2) is 32.8 Å². The number of aromatic amines is 1. The van der Waals surface area contributed by atoms with Crippen LogP contribution in [-0.2, 0) is 11.3 Å². The average Bonchev–Trinajstić information content (AvgIpc) is 2.90. The fraction of sp³-hybridized carbons (Fsp3) is 0.133. The molecular weight excluding hydrogens is 341 g/mol. The number of halogens is 2. The smallest absolute Gasteiger partial charge is 0.356 e. The van der Waals surface area contributed by atoms with Crippen molar-refractivity contribution in [3.63, 3.8) is 0 Å². The third-order valence-electron chi connectivity index (χ3n) is 3.45. The first-order valence-corrected chi connectivity index (χ1v) is 7.12. The molecule has 2 aromatic heterocycles. The second kappa shape index (κ2) is 6.06. The third-order valence-corrected chi connectivity index (χ3v) is 3.75. The van der Waals surface area contributed by atoms with Crippen molar-refractivity contribution in [3.05, 3.63) is 56.8 Å². The molecular formula is C15H11ClFN3O4. The van der Waals surface area contributed by atoms with E-state index in [1.165, 1.54) is 25.4 Å². The summed E-state index contributed by atoms with van der Waals surface area (Å²) in [7, 11) is 1.38. The summed E-state index contributed by atoms with van der Waals surface area (Å²) in [5.74, 6) is -1.91. The molecule has 124 valence electrons. The zero-order chi connectivity index (χ0) is 17.4. The first-order valence-electron chi connectivity index (χ1n) is 6.74. The minimum Gasteiger partial charge on any atom is -0.476 e. The monoisotopic (exact) mass is 351 g/mol. The number of nitrogens with one attached hydrogen (secondary N) is 1. The van der Waals surface area contributed by atoms with Crippen LogP contribution in [0.3, 0.4) is 0 Å². The molecule has 0 aliphatic carbocycles. The van der Waals surface area contributed by atoms with Gasteiger partial charge in [-0.3, -0.25) is 4.79 Å². The van der Waals surface area contributed by atoms with Crippen LogP contribution >= 0.6 is 11.6 Å². The highest BCUT2D eigenvalue weighted by molar-refractivity contribution is 6.30. The van der Waals surface area contributed by atoms with Gasteiger partial charge in [0.15, 0.2) is 5.69 Å². The molecule has 3 aromatic rings. The normalized spacial score (nSPS) is 11.1. The van der Waals surface area contributed by atoms with E-state index in [-0.39, 0.29) is 34.1 Å². The maximum atomic E-state index is 13.6. The van der Waals surface area contributed by atoms with Crippen molar-refractivity contribution in [1.82, 2.24) is 14.6 Å². The number of carbonyl (C=O) groups is 1.